The van der Waals surface area contributed by atoms with Gasteiger partial charge >= 0.3 is 0 Å². The molecule has 0 aliphatic rings. The fraction of sp³-hybridized carbons (Fsp3) is 0.500. The first kappa shape index (κ1) is 12.0. The van der Waals surface area contributed by atoms with E-state index in [9.17, 15) is 4.79 Å². The van der Waals surface area contributed by atoms with Crippen molar-refractivity contribution >= 4 is 17.2 Å². The summed E-state index contributed by atoms with van der Waals surface area (Å²) >= 11 is 1.33. The molecule has 15 heavy (non-hydrogen) atoms. The van der Waals surface area contributed by atoms with Crippen molar-refractivity contribution in [3.63, 3.8) is 0 Å². The van der Waals surface area contributed by atoms with Gasteiger partial charge in [0.15, 0.2) is 0 Å². The van der Waals surface area contributed by atoms with E-state index in [0.717, 1.165) is 0 Å². The Morgan fingerprint density at radius 3 is 2.93 bits per heavy atom. The standard InChI is InChI=1S/C10H15NO3S/c1-3-7(5-12)11-10(13)9-4-8(14-2)6-15-9/h4,6-7,12H,3,5H2,1-2H3,(H,11,13). The number of nitrogens with one attached hydrogen (secondary N) is 1. The molecule has 0 saturated heterocycles. The maximum absolute atomic E-state index is 11.6. The number of amides is 1. The van der Waals surface area contributed by atoms with Gasteiger partial charge in [-0.1, -0.05) is 6.92 Å². The van der Waals surface area contributed by atoms with Gasteiger partial charge < -0.3 is 15.2 Å². The van der Waals surface area contributed by atoms with Gasteiger partial charge in [-0.25, -0.2) is 0 Å². The first-order valence-electron chi connectivity index (χ1n) is 4.75. The third-order valence-electron chi connectivity index (χ3n) is 2.08. The minimum Gasteiger partial charge on any atom is -0.496 e. The van der Waals surface area contributed by atoms with E-state index in [0.29, 0.717) is 17.0 Å². The van der Waals surface area contributed by atoms with Crippen LogP contribution in [0.1, 0.15) is 23.0 Å². The molecule has 0 fully saturated rings. The van der Waals surface area contributed by atoms with Crippen LogP contribution in [0.25, 0.3) is 0 Å². The van der Waals surface area contributed by atoms with Crippen LogP contribution >= 0.6 is 11.3 Å². The lowest BCUT2D eigenvalue weighted by atomic mass is 10.2. The van der Waals surface area contributed by atoms with Crippen LogP contribution in [-0.4, -0.2) is 30.8 Å². The number of carbonyl (C=O) groups excluding carboxylic acids is 1. The average molecular weight is 229 g/mol. The number of rotatable bonds is 5. The van der Waals surface area contributed by atoms with Crippen molar-refractivity contribution in [2.45, 2.75) is 19.4 Å². The second-order valence-electron chi connectivity index (χ2n) is 3.11. The molecule has 1 heterocycles. The highest BCUT2D eigenvalue weighted by Gasteiger charge is 2.13. The maximum Gasteiger partial charge on any atom is 0.261 e. The van der Waals surface area contributed by atoms with Gasteiger partial charge in [-0.2, -0.15) is 0 Å². The Bertz CT molecular complexity index is 320. The fourth-order valence-electron chi connectivity index (χ4n) is 1.08. The quantitative estimate of drug-likeness (QED) is 0.799. The zero-order chi connectivity index (χ0) is 11.3. The van der Waals surface area contributed by atoms with Gasteiger partial charge in [0.2, 0.25) is 0 Å². The smallest absolute Gasteiger partial charge is 0.261 e. The average Bonchev–Trinajstić information content (AvgIpc) is 2.74. The van der Waals surface area contributed by atoms with Crippen LogP contribution in [0.2, 0.25) is 0 Å². The second-order valence-corrected chi connectivity index (χ2v) is 4.02. The molecule has 2 N–H and O–H groups in total. The van der Waals surface area contributed by atoms with E-state index < -0.39 is 0 Å². The molecule has 84 valence electrons. The second kappa shape index (κ2) is 5.72. The summed E-state index contributed by atoms with van der Waals surface area (Å²) in [5.74, 6) is 0.520. The summed E-state index contributed by atoms with van der Waals surface area (Å²) in [7, 11) is 1.56. The number of methoxy groups -OCH3 is 1. The van der Waals surface area contributed by atoms with Crippen LogP contribution in [0.5, 0.6) is 5.75 Å². The SMILES string of the molecule is CCC(CO)NC(=O)c1cc(OC)cs1. The molecule has 1 aromatic heterocycles. The molecule has 0 bridgehead atoms. The summed E-state index contributed by atoms with van der Waals surface area (Å²) in [5, 5.41) is 13.4. The molecule has 1 aromatic rings. The van der Waals surface area contributed by atoms with E-state index in [1.165, 1.54) is 11.3 Å². The van der Waals surface area contributed by atoms with Crippen molar-refractivity contribution in [3.05, 3.63) is 16.3 Å². The number of hydrogen-bond acceptors (Lipinski definition) is 4. The number of thiophene rings is 1. The predicted octanol–water partition coefficient (Wildman–Crippen LogP) is 1.26. The van der Waals surface area contributed by atoms with Crippen molar-refractivity contribution in [2.75, 3.05) is 13.7 Å². The molecular formula is C10H15NO3S. The topological polar surface area (TPSA) is 58.6 Å². The summed E-state index contributed by atoms with van der Waals surface area (Å²) in [6.45, 7) is 1.88. The zero-order valence-electron chi connectivity index (χ0n) is 8.82. The van der Waals surface area contributed by atoms with Crippen LogP contribution in [0.15, 0.2) is 11.4 Å². The first-order chi connectivity index (χ1) is 7.21. The molecular weight excluding hydrogens is 214 g/mol. The Morgan fingerprint density at radius 1 is 1.73 bits per heavy atom. The molecule has 1 atom stereocenters. The van der Waals surface area contributed by atoms with E-state index >= 15 is 0 Å². The van der Waals surface area contributed by atoms with Crippen molar-refractivity contribution in [1.82, 2.24) is 5.32 Å². The van der Waals surface area contributed by atoms with E-state index in [-0.39, 0.29) is 18.6 Å². The summed E-state index contributed by atoms with van der Waals surface area (Å²) in [4.78, 5) is 12.2. The Labute approximate surface area is 92.9 Å². The van der Waals surface area contributed by atoms with Gasteiger partial charge in [-0.15, -0.1) is 11.3 Å². The van der Waals surface area contributed by atoms with Gasteiger partial charge in [0, 0.05) is 11.4 Å². The first-order valence-corrected chi connectivity index (χ1v) is 5.63. The van der Waals surface area contributed by atoms with Crippen LogP contribution < -0.4 is 10.1 Å². The maximum atomic E-state index is 11.6. The van der Waals surface area contributed by atoms with Crippen LogP contribution in [0, 0.1) is 0 Å². The lowest BCUT2D eigenvalue weighted by Gasteiger charge is -2.12. The molecule has 1 amide bonds. The van der Waals surface area contributed by atoms with Crippen LogP contribution in [0.4, 0.5) is 0 Å². The van der Waals surface area contributed by atoms with Gasteiger partial charge in [0.1, 0.15) is 5.75 Å². The van der Waals surface area contributed by atoms with E-state index in [4.69, 9.17) is 9.84 Å². The van der Waals surface area contributed by atoms with Crippen LogP contribution in [0.3, 0.4) is 0 Å². The Balaban J connectivity index is 2.60. The molecule has 0 radical (unpaired) electrons. The van der Waals surface area contributed by atoms with Gasteiger partial charge in [0.05, 0.1) is 24.6 Å². The highest BCUT2D eigenvalue weighted by atomic mass is 32.1. The largest absolute Gasteiger partial charge is 0.496 e. The molecule has 1 unspecified atom stereocenters. The molecule has 1 rings (SSSR count). The summed E-state index contributed by atoms with van der Waals surface area (Å²) < 4.78 is 4.98. The van der Waals surface area contributed by atoms with Gasteiger partial charge in [-0.3, -0.25) is 4.79 Å². The molecule has 5 heteroatoms. The van der Waals surface area contributed by atoms with Crippen molar-refractivity contribution in [3.8, 4) is 5.75 Å². The monoisotopic (exact) mass is 229 g/mol. The van der Waals surface area contributed by atoms with Gasteiger partial charge in [-0.05, 0) is 6.42 Å². The number of carbonyl (C=O) groups is 1. The van der Waals surface area contributed by atoms with Crippen molar-refractivity contribution < 1.29 is 14.6 Å². The number of hydrogen-bond donors (Lipinski definition) is 2. The summed E-state index contributed by atoms with van der Waals surface area (Å²) in [5.41, 5.74) is 0. The van der Waals surface area contributed by atoms with Crippen LogP contribution in [-0.2, 0) is 0 Å². The third kappa shape index (κ3) is 3.21. The third-order valence-corrected chi connectivity index (χ3v) is 2.99. The number of aliphatic hydroxyl groups excluding tert-OH is 1. The normalized spacial score (nSPS) is 12.2. The van der Waals surface area contributed by atoms with E-state index in [2.05, 4.69) is 5.32 Å². The highest BCUT2D eigenvalue weighted by molar-refractivity contribution is 7.12. The zero-order valence-corrected chi connectivity index (χ0v) is 9.63. The van der Waals surface area contributed by atoms with E-state index in [1.54, 1.807) is 18.6 Å². The fourth-order valence-corrected chi connectivity index (χ4v) is 1.84. The van der Waals surface area contributed by atoms with Gasteiger partial charge in [0.25, 0.3) is 5.91 Å². The lowest BCUT2D eigenvalue weighted by molar-refractivity contribution is 0.0919. The molecule has 0 aliphatic carbocycles. The Kier molecular flexibility index (Phi) is 4.58. The molecule has 0 aliphatic heterocycles. The number of ether oxygens (including phenoxy) is 1. The predicted molar refractivity (Wildman–Crippen MR) is 59.5 cm³/mol. The number of aliphatic hydroxyl groups is 1. The minimum atomic E-state index is -0.175. The summed E-state index contributed by atoms with van der Waals surface area (Å²) in [6, 6.07) is 1.51. The molecule has 0 spiro atoms. The Morgan fingerprint density at radius 2 is 2.47 bits per heavy atom. The van der Waals surface area contributed by atoms with E-state index in [1.807, 2.05) is 6.92 Å². The summed E-state index contributed by atoms with van der Waals surface area (Å²) in [6.07, 6.45) is 0.713. The van der Waals surface area contributed by atoms with Crippen molar-refractivity contribution in [1.29, 1.82) is 0 Å². The molecule has 4 nitrogen and oxygen atoms in total. The Hall–Kier alpha value is -1.07. The van der Waals surface area contributed by atoms with Crippen molar-refractivity contribution in [2.24, 2.45) is 0 Å². The molecule has 0 saturated carbocycles. The highest BCUT2D eigenvalue weighted by Crippen LogP contribution is 2.20. The lowest BCUT2D eigenvalue weighted by Crippen LogP contribution is -2.36. The molecule has 0 aromatic carbocycles. The minimum absolute atomic E-state index is 0.0370.